The van der Waals surface area contributed by atoms with Gasteiger partial charge in [-0.05, 0) is 40.3 Å². The van der Waals surface area contributed by atoms with E-state index < -0.39 is 0 Å². The molecule has 0 spiro atoms. The van der Waals surface area contributed by atoms with Crippen molar-refractivity contribution in [2.45, 2.75) is 65.0 Å². The Labute approximate surface area is 119 Å². The van der Waals surface area contributed by atoms with Crippen molar-refractivity contribution in [3.63, 3.8) is 0 Å². The van der Waals surface area contributed by atoms with Crippen LogP contribution in [-0.2, 0) is 9.53 Å². The van der Waals surface area contributed by atoms with E-state index in [1.54, 1.807) is 0 Å². The summed E-state index contributed by atoms with van der Waals surface area (Å²) in [5.74, 6) is -0.0663. The highest BCUT2D eigenvalue weighted by Crippen LogP contribution is 2.14. The van der Waals surface area contributed by atoms with Crippen molar-refractivity contribution in [1.82, 2.24) is 4.90 Å². The van der Waals surface area contributed by atoms with Gasteiger partial charge in [-0.1, -0.05) is 38.7 Å². The maximum Gasteiger partial charge on any atom is 0.310 e. The number of carbonyl (C=O) groups excluding carboxylic acids is 1. The molecule has 2 unspecified atom stereocenters. The largest absolute Gasteiger partial charge is 0.446 e. The summed E-state index contributed by atoms with van der Waals surface area (Å²) in [7, 11) is 3.82. The Morgan fingerprint density at radius 2 is 1.74 bits per heavy atom. The molecule has 0 radical (unpaired) electrons. The zero-order chi connectivity index (χ0) is 14.7. The standard InChI is InChI=1S/C16H31NO2/c1-6-7-8-9-10-11-12-13-14(2)16(18)19-15(3)17(4)5/h6,14-15H,1,7-13H2,2-5H3. The number of ether oxygens (including phenoxy) is 1. The highest BCUT2D eigenvalue weighted by molar-refractivity contribution is 5.72. The molecule has 112 valence electrons. The lowest BCUT2D eigenvalue weighted by Crippen LogP contribution is -2.31. The molecule has 0 fully saturated rings. The Morgan fingerprint density at radius 1 is 1.16 bits per heavy atom. The molecule has 0 heterocycles. The minimum Gasteiger partial charge on any atom is -0.446 e. The van der Waals surface area contributed by atoms with E-state index in [-0.39, 0.29) is 18.1 Å². The summed E-state index contributed by atoms with van der Waals surface area (Å²) in [5, 5.41) is 0. The molecule has 0 aromatic carbocycles. The SMILES string of the molecule is C=CCCCCCCCC(C)C(=O)OC(C)N(C)C. The molecule has 3 heteroatoms. The van der Waals surface area contributed by atoms with E-state index in [2.05, 4.69) is 6.58 Å². The second-order valence-corrected chi connectivity index (χ2v) is 5.53. The van der Waals surface area contributed by atoms with Crippen molar-refractivity contribution in [2.24, 2.45) is 5.92 Å². The number of hydrogen-bond donors (Lipinski definition) is 0. The lowest BCUT2D eigenvalue weighted by Gasteiger charge is -2.22. The molecule has 0 aliphatic heterocycles. The third-order valence-electron chi connectivity index (χ3n) is 3.46. The molecule has 0 saturated heterocycles. The number of carbonyl (C=O) groups is 1. The maximum absolute atomic E-state index is 11.8. The first kappa shape index (κ1) is 18.2. The minimum atomic E-state index is -0.145. The summed E-state index contributed by atoms with van der Waals surface area (Å²) < 4.78 is 5.36. The summed E-state index contributed by atoms with van der Waals surface area (Å²) >= 11 is 0. The number of esters is 1. The average molecular weight is 269 g/mol. The average Bonchev–Trinajstić information content (AvgIpc) is 2.37. The molecule has 0 saturated carbocycles. The van der Waals surface area contributed by atoms with Gasteiger partial charge in [-0.3, -0.25) is 9.69 Å². The van der Waals surface area contributed by atoms with Crippen molar-refractivity contribution in [3.8, 4) is 0 Å². The second-order valence-electron chi connectivity index (χ2n) is 5.53. The van der Waals surface area contributed by atoms with Gasteiger partial charge in [0.15, 0.2) is 6.23 Å². The lowest BCUT2D eigenvalue weighted by atomic mass is 10.0. The Hall–Kier alpha value is -0.830. The van der Waals surface area contributed by atoms with Gasteiger partial charge in [0.1, 0.15) is 0 Å². The quantitative estimate of drug-likeness (QED) is 0.246. The molecule has 19 heavy (non-hydrogen) atoms. The number of allylic oxidation sites excluding steroid dienone is 1. The van der Waals surface area contributed by atoms with Gasteiger partial charge in [0.2, 0.25) is 0 Å². The number of hydrogen-bond acceptors (Lipinski definition) is 3. The third kappa shape index (κ3) is 9.71. The van der Waals surface area contributed by atoms with Crippen LogP contribution < -0.4 is 0 Å². The normalized spacial score (nSPS) is 14.2. The molecule has 0 aromatic heterocycles. The van der Waals surface area contributed by atoms with Crippen LogP contribution in [0.15, 0.2) is 12.7 Å². The fourth-order valence-corrected chi connectivity index (χ4v) is 1.78. The highest BCUT2D eigenvalue weighted by atomic mass is 16.6. The molecule has 0 aromatic rings. The van der Waals surface area contributed by atoms with Crippen LogP contribution in [0.25, 0.3) is 0 Å². The van der Waals surface area contributed by atoms with E-state index in [1.165, 1.54) is 25.7 Å². The van der Waals surface area contributed by atoms with Crippen LogP contribution >= 0.6 is 0 Å². The molecule has 0 amide bonds. The van der Waals surface area contributed by atoms with Gasteiger partial charge in [-0.2, -0.15) is 0 Å². The van der Waals surface area contributed by atoms with Crippen LogP contribution in [0, 0.1) is 5.92 Å². The molecule has 3 nitrogen and oxygen atoms in total. The molecule has 0 N–H and O–H groups in total. The molecule has 0 rings (SSSR count). The van der Waals surface area contributed by atoms with Crippen LogP contribution in [0.1, 0.15) is 58.8 Å². The Kier molecular flexibility index (Phi) is 10.6. The Balaban J connectivity index is 3.59. The van der Waals surface area contributed by atoms with Crippen molar-refractivity contribution in [2.75, 3.05) is 14.1 Å². The summed E-state index contributed by atoms with van der Waals surface area (Å²) in [5.41, 5.74) is 0. The van der Waals surface area contributed by atoms with Gasteiger partial charge in [-0.25, -0.2) is 0 Å². The van der Waals surface area contributed by atoms with E-state index >= 15 is 0 Å². The first-order valence-electron chi connectivity index (χ1n) is 7.46. The number of nitrogens with zero attached hydrogens (tertiary/aromatic N) is 1. The Bertz CT molecular complexity index is 251. The number of rotatable bonds is 11. The molecule has 0 aliphatic carbocycles. The van der Waals surface area contributed by atoms with E-state index in [0.717, 1.165) is 19.3 Å². The van der Waals surface area contributed by atoms with Crippen molar-refractivity contribution in [1.29, 1.82) is 0 Å². The predicted molar refractivity (Wildman–Crippen MR) is 80.9 cm³/mol. The van der Waals surface area contributed by atoms with Gasteiger partial charge in [-0.15, -0.1) is 6.58 Å². The summed E-state index contributed by atoms with van der Waals surface area (Å²) in [4.78, 5) is 13.7. The van der Waals surface area contributed by atoms with E-state index in [4.69, 9.17) is 4.74 Å². The van der Waals surface area contributed by atoms with Crippen LogP contribution in [0.4, 0.5) is 0 Å². The van der Waals surface area contributed by atoms with E-state index in [0.29, 0.717) is 0 Å². The maximum atomic E-state index is 11.8. The molecule has 0 bridgehead atoms. The molecule has 0 aliphatic rings. The fourth-order valence-electron chi connectivity index (χ4n) is 1.78. The smallest absolute Gasteiger partial charge is 0.310 e. The third-order valence-corrected chi connectivity index (χ3v) is 3.46. The molecular weight excluding hydrogens is 238 g/mol. The Morgan fingerprint density at radius 3 is 2.32 bits per heavy atom. The van der Waals surface area contributed by atoms with Crippen LogP contribution in [-0.4, -0.2) is 31.2 Å². The van der Waals surface area contributed by atoms with Crippen molar-refractivity contribution < 1.29 is 9.53 Å². The van der Waals surface area contributed by atoms with Gasteiger partial charge < -0.3 is 4.74 Å². The van der Waals surface area contributed by atoms with Gasteiger partial charge in [0.05, 0.1) is 5.92 Å². The minimum absolute atomic E-state index is 0.00979. The fraction of sp³-hybridized carbons (Fsp3) is 0.812. The predicted octanol–water partition coefficient (Wildman–Crippen LogP) is 3.99. The van der Waals surface area contributed by atoms with Gasteiger partial charge in [0, 0.05) is 0 Å². The van der Waals surface area contributed by atoms with Crippen LogP contribution in [0.2, 0.25) is 0 Å². The van der Waals surface area contributed by atoms with Crippen molar-refractivity contribution in [3.05, 3.63) is 12.7 Å². The van der Waals surface area contributed by atoms with Crippen LogP contribution in [0.5, 0.6) is 0 Å². The molecular formula is C16H31NO2. The van der Waals surface area contributed by atoms with E-state index in [1.807, 2.05) is 38.9 Å². The van der Waals surface area contributed by atoms with E-state index in [9.17, 15) is 4.79 Å². The van der Waals surface area contributed by atoms with Crippen LogP contribution in [0.3, 0.4) is 0 Å². The first-order valence-corrected chi connectivity index (χ1v) is 7.46. The molecule has 2 atom stereocenters. The second kappa shape index (κ2) is 11.0. The topological polar surface area (TPSA) is 29.5 Å². The zero-order valence-electron chi connectivity index (χ0n) is 13.2. The van der Waals surface area contributed by atoms with Crippen molar-refractivity contribution >= 4 is 5.97 Å². The lowest BCUT2D eigenvalue weighted by molar-refractivity contribution is -0.160. The summed E-state index contributed by atoms with van der Waals surface area (Å²) in [6.45, 7) is 7.57. The number of unbranched alkanes of at least 4 members (excludes halogenated alkanes) is 5. The van der Waals surface area contributed by atoms with Gasteiger partial charge >= 0.3 is 5.97 Å². The monoisotopic (exact) mass is 269 g/mol. The highest BCUT2D eigenvalue weighted by Gasteiger charge is 2.17. The summed E-state index contributed by atoms with van der Waals surface area (Å²) in [6.07, 6.45) is 9.95. The first-order chi connectivity index (χ1) is 8.99. The summed E-state index contributed by atoms with van der Waals surface area (Å²) in [6, 6.07) is 0. The zero-order valence-corrected chi connectivity index (χ0v) is 13.2. The van der Waals surface area contributed by atoms with Gasteiger partial charge in [0.25, 0.3) is 0 Å².